The number of aromatic nitrogens is 1. The van der Waals surface area contributed by atoms with E-state index < -0.39 is 0 Å². The SMILES string of the molecule is COc1ccc(CC(=O)N2CCN(c3nc4ccc(F)cc4s3)CC2)cc1C. The summed E-state index contributed by atoms with van der Waals surface area (Å²) in [5.41, 5.74) is 2.85. The number of aryl methyl sites for hydroxylation is 1. The summed E-state index contributed by atoms with van der Waals surface area (Å²) in [6.07, 6.45) is 0.394. The van der Waals surface area contributed by atoms with E-state index in [4.69, 9.17) is 4.74 Å². The first-order valence-corrected chi connectivity index (χ1v) is 10.1. The van der Waals surface area contributed by atoms with Crippen molar-refractivity contribution in [2.75, 3.05) is 38.2 Å². The fourth-order valence-electron chi connectivity index (χ4n) is 3.51. The lowest BCUT2D eigenvalue weighted by molar-refractivity contribution is -0.130. The number of anilines is 1. The first-order valence-electron chi connectivity index (χ1n) is 9.26. The third kappa shape index (κ3) is 3.80. The van der Waals surface area contributed by atoms with Gasteiger partial charge in [-0.3, -0.25) is 4.79 Å². The number of carbonyl (C=O) groups excluding carboxylic acids is 1. The van der Waals surface area contributed by atoms with Crippen molar-refractivity contribution in [2.45, 2.75) is 13.3 Å². The highest BCUT2D eigenvalue weighted by molar-refractivity contribution is 7.22. The van der Waals surface area contributed by atoms with E-state index in [1.807, 2.05) is 30.0 Å². The van der Waals surface area contributed by atoms with E-state index in [0.717, 1.165) is 45.3 Å². The number of hydrogen-bond acceptors (Lipinski definition) is 5. The van der Waals surface area contributed by atoms with Crippen LogP contribution in [0.25, 0.3) is 10.2 Å². The van der Waals surface area contributed by atoms with Crippen LogP contribution in [0.2, 0.25) is 0 Å². The average molecular weight is 399 g/mol. The molecule has 2 heterocycles. The zero-order valence-electron chi connectivity index (χ0n) is 15.9. The molecule has 1 aliphatic heterocycles. The van der Waals surface area contributed by atoms with Gasteiger partial charge in [0.05, 0.1) is 23.7 Å². The van der Waals surface area contributed by atoms with Crippen molar-refractivity contribution in [3.05, 3.63) is 53.3 Å². The molecule has 4 rings (SSSR count). The Morgan fingerprint density at radius 1 is 1.18 bits per heavy atom. The zero-order valence-corrected chi connectivity index (χ0v) is 16.8. The van der Waals surface area contributed by atoms with Crippen LogP contribution < -0.4 is 9.64 Å². The summed E-state index contributed by atoms with van der Waals surface area (Å²) < 4.78 is 19.5. The number of hydrogen-bond donors (Lipinski definition) is 0. The minimum Gasteiger partial charge on any atom is -0.496 e. The summed E-state index contributed by atoms with van der Waals surface area (Å²) >= 11 is 1.49. The lowest BCUT2D eigenvalue weighted by Crippen LogP contribution is -2.49. The molecular weight excluding hydrogens is 377 g/mol. The molecule has 0 spiro atoms. The number of ether oxygens (including phenoxy) is 1. The van der Waals surface area contributed by atoms with E-state index in [1.54, 1.807) is 13.2 Å². The number of nitrogens with zero attached hydrogens (tertiary/aromatic N) is 3. The minimum atomic E-state index is -0.244. The molecule has 3 aromatic rings. The molecule has 0 unspecified atom stereocenters. The number of thiazole rings is 1. The second kappa shape index (κ2) is 7.75. The number of rotatable bonds is 4. The first-order chi connectivity index (χ1) is 13.5. The third-order valence-corrected chi connectivity index (χ3v) is 6.14. The Morgan fingerprint density at radius 3 is 2.68 bits per heavy atom. The molecule has 28 heavy (non-hydrogen) atoms. The molecule has 1 amide bonds. The Balaban J connectivity index is 1.37. The fourth-order valence-corrected chi connectivity index (χ4v) is 4.55. The van der Waals surface area contributed by atoms with Crippen molar-refractivity contribution in [1.82, 2.24) is 9.88 Å². The Morgan fingerprint density at radius 2 is 1.96 bits per heavy atom. The highest BCUT2D eigenvalue weighted by Gasteiger charge is 2.23. The zero-order chi connectivity index (χ0) is 19.7. The molecule has 0 bridgehead atoms. The van der Waals surface area contributed by atoms with Crippen LogP contribution >= 0.6 is 11.3 Å². The van der Waals surface area contributed by atoms with Crippen molar-refractivity contribution in [3.8, 4) is 5.75 Å². The van der Waals surface area contributed by atoms with Gasteiger partial charge in [-0.25, -0.2) is 9.37 Å². The van der Waals surface area contributed by atoms with Crippen LogP contribution in [0.1, 0.15) is 11.1 Å². The van der Waals surface area contributed by atoms with Gasteiger partial charge in [-0.15, -0.1) is 0 Å². The van der Waals surface area contributed by atoms with Crippen LogP contribution in [-0.4, -0.2) is 49.1 Å². The van der Waals surface area contributed by atoms with Crippen LogP contribution in [-0.2, 0) is 11.2 Å². The standard InChI is InChI=1S/C21H22FN3O2S/c1-14-11-15(3-6-18(14)27-2)12-20(26)24-7-9-25(10-8-24)21-23-17-5-4-16(22)13-19(17)28-21/h3-6,11,13H,7-10,12H2,1-2H3. The fraction of sp³-hybridized carbons (Fsp3) is 0.333. The smallest absolute Gasteiger partial charge is 0.227 e. The van der Waals surface area contributed by atoms with Gasteiger partial charge in [0.2, 0.25) is 5.91 Å². The predicted molar refractivity (Wildman–Crippen MR) is 110 cm³/mol. The van der Waals surface area contributed by atoms with E-state index in [9.17, 15) is 9.18 Å². The number of methoxy groups -OCH3 is 1. The van der Waals surface area contributed by atoms with Gasteiger partial charge in [-0.2, -0.15) is 0 Å². The maximum atomic E-state index is 13.4. The molecule has 0 N–H and O–H groups in total. The van der Waals surface area contributed by atoms with Crippen molar-refractivity contribution in [2.24, 2.45) is 0 Å². The van der Waals surface area contributed by atoms with Crippen molar-refractivity contribution >= 4 is 32.6 Å². The van der Waals surface area contributed by atoms with Gasteiger partial charge in [0.15, 0.2) is 5.13 Å². The van der Waals surface area contributed by atoms with Gasteiger partial charge in [-0.05, 0) is 42.3 Å². The first kappa shape index (κ1) is 18.7. The van der Waals surface area contributed by atoms with Gasteiger partial charge < -0.3 is 14.5 Å². The second-order valence-electron chi connectivity index (χ2n) is 6.96. The summed E-state index contributed by atoms with van der Waals surface area (Å²) in [5, 5.41) is 0.887. The van der Waals surface area contributed by atoms with Crippen molar-refractivity contribution in [3.63, 3.8) is 0 Å². The average Bonchev–Trinajstić information content (AvgIpc) is 3.11. The number of amides is 1. The van der Waals surface area contributed by atoms with Crippen LogP contribution in [0, 0.1) is 12.7 Å². The van der Waals surface area contributed by atoms with Gasteiger partial charge in [0.25, 0.3) is 0 Å². The topological polar surface area (TPSA) is 45.7 Å². The molecule has 2 aromatic carbocycles. The number of benzene rings is 2. The van der Waals surface area contributed by atoms with E-state index in [1.165, 1.54) is 23.5 Å². The molecular formula is C21H22FN3O2S. The molecule has 1 fully saturated rings. The predicted octanol–water partition coefficient (Wildman–Crippen LogP) is 3.64. The van der Waals surface area contributed by atoms with Crippen LogP contribution in [0.4, 0.5) is 9.52 Å². The van der Waals surface area contributed by atoms with E-state index >= 15 is 0 Å². The Bertz CT molecular complexity index is 1010. The number of halogens is 1. The van der Waals surface area contributed by atoms with E-state index in [-0.39, 0.29) is 11.7 Å². The molecule has 7 heteroatoms. The highest BCUT2D eigenvalue weighted by atomic mass is 32.1. The Labute approximate surface area is 167 Å². The maximum absolute atomic E-state index is 13.4. The van der Waals surface area contributed by atoms with Gasteiger partial charge in [0.1, 0.15) is 11.6 Å². The molecule has 0 radical (unpaired) electrons. The highest BCUT2D eigenvalue weighted by Crippen LogP contribution is 2.30. The summed E-state index contributed by atoms with van der Waals surface area (Å²) in [6.45, 7) is 4.78. The minimum absolute atomic E-state index is 0.135. The third-order valence-electron chi connectivity index (χ3n) is 5.06. The monoisotopic (exact) mass is 399 g/mol. The van der Waals surface area contributed by atoms with Crippen LogP contribution in [0.15, 0.2) is 36.4 Å². The summed E-state index contributed by atoms with van der Waals surface area (Å²) in [5.74, 6) is 0.725. The van der Waals surface area contributed by atoms with Crippen LogP contribution in [0.5, 0.6) is 5.75 Å². The van der Waals surface area contributed by atoms with Crippen molar-refractivity contribution < 1.29 is 13.9 Å². The maximum Gasteiger partial charge on any atom is 0.227 e. The molecule has 1 aliphatic rings. The summed E-state index contributed by atoms with van der Waals surface area (Å²) in [4.78, 5) is 21.4. The second-order valence-corrected chi connectivity index (χ2v) is 7.97. The lowest BCUT2D eigenvalue weighted by Gasteiger charge is -2.34. The number of carbonyl (C=O) groups is 1. The molecule has 146 valence electrons. The summed E-state index contributed by atoms with van der Waals surface area (Å²) in [6, 6.07) is 10.5. The van der Waals surface area contributed by atoms with Crippen LogP contribution in [0.3, 0.4) is 0 Å². The molecule has 0 saturated carbocycles. The molecule has 0 atom stereocenters. The Hall–Kier alpha value is -2.67. The molecule has 0 aliphatic carbocycles. The molecule has 5 nitrogen and oxygen atoms in total. The molecule has 1 aromatic heterocycles. The largest absolute Gasteiger partial charge is 0.496 e. The number of fused-ring (bicyclic) bond motifs is 1. The van der Waals surface area contributed by atoms with E-state index in [2.05, 4.69) is 9.88 Å². The van der Waals surface area contributed by atoms with E-state index in [0.29, 0.717) is 19.5 Å². The van der Waals surface area contributed by atoms with Gasteiger partial charge in [0, 0.05) is 26.2 Å². The van der Waals surface area contributed by atoms with Gasteiger partial charge >= 0.3 is 0 Å². The quantitative estimate of drug-likeness (QED) is 0.672. The van der Waals surface area contributed by atoms with Gasteiger partial charge in [-0.1, -0.05) is 23.5 Å². The van der Waals surface area contributed by atoms with Crippen molar-refractivity contribution in [1.29, 1.82) is 0 Å². The normalized spacial score (nSPS) is 14.5. The number of piperazine rings is 1. The lowest BCUT2D eigenvalue weighted by atomic mass is 10.1. The Kier molecular flexibility index (Phi) is 5.17. The molecule has 1 saturated heterocycles. The summed E-state index contributed by atoms with van der Waals surface area (Å²) in [7, 11) is 1.65.